The molecule has 1 amide bonds. The van der Waals surface area contributed by atoms with Crippen molar-refractivity contribution in [3.8, 4) is 11.8 Å². The molecule has 1 N–H and O–H groups in total. The molecule has 5 nitrogen and oxygen atoms in total. The minimum atomic E-state index is -0.861. The van der Waals surface area contributed by atoms with Crippen LogP contribution in [0.25, 0.3) is 5.69 Å². The number of nitriles is 1. The fraction of sp³-hybridized carbons (Fsp3) is 0.312. The van der Waals surface area contributed by atoms with Crippen LogP contribution in [0, 0.1) is 23.7 Å². The molecule has 1 saturated carbocycles. The number of nitrogens with one attached hydrogen (secondary N) is 1. The summed E-state index contributed by atoms with van der Waals surface area (Å²) in [4.78, 5) is 12.4. The lowest BCUT2D eigenvalue weighted by molar-refractivity contribution is -0.126. The Balaban J connectivity index is 1.90. The van der Waals surface area contributed by atoms with E-state index in [4.69, 9.17) is 0 Å². The standard InChI is InChI=1S/C16H16N4O/c1-12-10-14(18-15(21)16(11-17)8-5-9-16)20(19-12)13-6-3-2-4-7-13/h2-4,6-7,10H,5,8-9H2,1H3,(H,18,21). The Bertz CT molecular complexity index is 708. The van der Waals surface area contributed by atoms with E-state index in [-0.39, 0.29) is 5.91 Å². The lowest BCUT2D eigenvalue weighted by atomic mass is 9.69. The quantitative estimate of drug-likeness (QED) is 0.939. The van der Waals surface area contributed by atoms with Gasteiger partial charge in [0.1, 0.15) is 11.2 Å². The van der Waals surface area contributed by atoms with Gasteiger partial charge in [0.2, 0.25) is 5.91 Å². The van der Waals surface area contributed by atoms with Crippen molar-refractivity contribution in [2.45, 2.75) is 26.2 Å². The molecule has 0 atom stereocenters. The minimum absolute atomic E-state index is 0.228. The number of hydrogen-bond acceptors (Lipinski definition) is 3. The molecule has 0 saturated heterocycles. The van der Waals surface area contributed by atoms with Crippen LogP contribution in [0.2, 0.25) is 0 Å². The van der Waals surface area contributed by atoms with Crippen molar-refractivity contribution >= 4 is 11.7 Å². The van der Waals surface area contributed by atoms with Crippen molar-refractivity contribution < 1.29 is 4.79 Å². The van der Waals surface area contributed by atoms with Gasteiger partial charge in [-0.2, -0.15) is 10.4 Å². The summed E-state index contributed by atoms with van der Waals surface area (Å²) in [6.45, 7) is 1.87. The van der Waals surface area contributed by atoms with Gasteiger partial charge < -0.3 is 5.32 Å². The van der Waals surface area contributed by atoms with Crippen molar-refractivity contribution in [3.05, 3.63) is 42.1 Å². The zero-order chi connectivity index (χ0) is 14.9. The van der Waals surface area contributed by atoms with Crippen LogP contribution in [0.4, 0.5) is 5.82 Å². The van der Waals surface area contributed by atoms with Gasteiger partial charge in [-0.15, -0.1) is 0 Å². The smallest absolute Gasteiger partial charge is 0.246 e. The summed E-state index contributed by atoms with van der Waals surface area (Å²) in [6, 6.07) is 13.6. The van der Waals surface area contributed by atoms with E-state index < -0.39 is 5.41 Å². The summed E-state index contributed by atoms with van der Waals surface area (Å²) in [5.41, 5.74) is 0.828. The molecule has 0 aliphatic heterocycles. The first-order valence-corrected chi connectivity index (χ1v) is 6.99. The third-order valence-electron chi connectivity index (χ3n) is 3.93. The Morgan fingerprint density at radius 1 is 1.38 bits per heavy atom. The number of aromatic nitrogens is 2. The number of carbonyl (C=O) groups excluding carboxylic acids is 1. The largest absolute Gasteiger partial charge is 0.309 e. The molecule has 0 radical (unpaired) electrons. The molecule has 106 valence electrons. The predicted octanol–water partition coefficient (Wildman–Crippen LogP) is 2.81. The van der Waals surface area contributed by atoms with Crippen molar-refractivity contribution in [1.82, 2.24) is 9.78 Å². The number of para-hydroxylation sites is 1. The Morgan fingerprint density at radius 3 is 2.67 bits per heavy atom. The second-order valence-corrected chi connectivity index (χ2v) is 5.42. The Morgan fingerprint density at radius 2 is 2.10 bits per heavy atom. The highest BCUT2D eigenvalue weighted by molar-refractivity contribution is 5.97. The van der Waals surface area contributed by atoms with Gasteiger partial charge >= 0.3 is 0 Å². The molecule has 0 spiro atoms. The van der Waals surface area contributed by atoms with Crippen LogP contribution in [0.1, 0.15) is 25.0 Å². The minimum Gasteiger partial charge on any atom is -0.309 e. The number of rotatable bonds is 3. The fourth-order valence-corrected chi connectivity index (χ4v) is 2.51. The third-order valence-corrected chi connectivity index (χ3v) is 3.93. The molecule has 1 aromatic carbocycles. The highest BCUT2D eigenvalue weighted by Gasteiger charge is 2.45. The fourth-order valence-electron chi connectivity index (χ4n) is 2.51. The molecule has 21 heavy (non-hydrogen) atoms. The first-order chi connectivity index (χ1) is 10.1. The number of hydrogen-bond donors (Lipinski definition) is 1. The number of benzene rings is 1. The van der Waals surface area contributed by atoms with E-state index in [0.717, 1.165) is 17.8 Å². The zero-order valence-corrected chi connectivity index (χ0v) is 11.8. The first-order valence-electron chi connectivity index (χ1n) is 6.99. The van der Waals surface area contributed by atoms with Gasteiger partial charge in [0.05, 0.1) is 17.5 Å². The van der Waals surface area contributed by atoms with E-state index in [0.29, 0.717) is 18.7 Å². The third kappa shape index (κ3) is 2.29. The summed E-state index contributed by atoms with van der Waals surface area (Å²) < 4.78 is 1.69. The van der Waals surface area contributed by atoms with Crippen molar-refractivity contribution in [3.63, 3.8) is 0 Å². The molecule has 1 aromatic heterocycles. The number of nitrogens with zero attached hydrogens (tertiary/aromatic N) is 3. The van der Waals surface area contributed by atoms with Gasteiger partial charge in [0, 0.05) is 6.07 Å². The number of anilines is 1. The van der Waals surface area contributed by atoms with Gasteiger partial charge in [0.15, 0.2) is 0 Å². The number of aryl methyl sites for hydroxylation is 1. The molecular formula is C16H16N4O. The van der Waals surface area contributed by atoms with Crippen LogP contribution in [0.3, 0.4) is 0 Å². The van der Waals surface area contributed by atoms with Gasteiger partial charge in [-0.25, -0.2) is 4.68 Å². The normalized spacial score (nSPS) is 15.8. The lowest BCUT2D eigenvalue weighted by Crippen LogP contribution is -2.41. The Kier molecular flexibility index (Phi) is 3.22. The summed E-state index contributed by atoms with van der Waals surface area (Å²) in [5, 5.41) is 16.5. The molecular weight excluding hydrogens is 264 g/mol. The Labute approximate surface area is 123 Å². The average molecular weight is 280 g/mol. The summed E-state index contributed by atoms with van der Waals surface area (Å²) in [5.74, 6) is 0.374. The lowest BCUT2D eigenvalue weighted by Gasteiger charge is -2.33. The highest BCUT2D eigenvalue weighted by atomic mass is 16.2. The van der Waals surface area contributed by atoms with Crippen LogP contribution >= 0.6 is 0 Å². The monoisotopic (exact) mass is 280 g/mol. The van der Waals surface area contributed by atoms with Crippen LogP contribution < -0.4 is 5.32 Å². The maximum atomic E-state index is 12.4. The maximum Gasteiger partial charge on any atom is 0.246 e. The first kappa shape index (κ1) is 13.4. The molecule has 1 heterocycles. The molecule has 2 aromatic rings. The van der Waals surface area contributed by atoms with E-state index in [9.17, 15) is 10.1 Å². The molecule has 1 aliphatic carbocycles. The van der Waals surface area contributed by atoms with Crippen LogP contribution in [0.5, 0.6) is 0 Å². The SMILES string of the molecule is Cc1cc(NC(=O)C2(C#N)CCC2)n(-c2ccccc2)n1. The van der Waals surface area contributed by atoms with Gasteiger partial charge in [-0.1, -0.05) is 18.2 Å². The second-order valence-electron chi connectivity index (χ2n) is 5.42. The van der Waals surface area contributed by atoms with Gasteiger partial charge in [0.25, 0.3) is 0 Å². The Hall–Kier alpha value is -2.61. The second kappa shape index (κ2) is 5.06. The van der Waals surface area contributed by atoms with Crippen LogP contribution in [-0.4, -0.2) is 15.7 Å². The highest BCUT2D eigenvalue weighted by Crippen LogP contribution is 2.41. The number of amides is 1. The van der Waals surface area contributed by atoms with Gasteiger partial charge in [-0.3, -0.25) is 4.79 Å². The van der Waals surface area contributed by atoms with E-state index in [1.54, 1.807) is 4.68 Å². The molecule has 1 aliphatic rings. The summed E-state index contributed by atoms with van der Waals surface area (Å²) >= 11 is 0. The molecule has 1 fully saturated rings. The van der Waals surface area contributed by atoms with Crippen molar-refractivity contribution in [1.29, 1.82) is 5.26 Å². The van der Waals surface area contributed by atoms with Crippen molar-refractivity contribution in [2.75, 3.05) is 5.32 Å². The predicted molar refractivity (Wildman–Crippen MR) is 78.8 cm³/mol. The average Bonchev–Trinajstić information content (AvgIpc) is 2.80. The molecule has 0 bridgehead atoms. The van der Waals surface area contributed by atoms with Crippen LogP contribution in [-0.2, 0) is 4.79 Å². The molecule has 3 rings (SSSR count). The van der Waals surface area contributed by atoms with E-state index in [2.05, 4.69) is 16.5 Å². The summed E-state index contributed by atoms with van der Waals surface area (Å²) in [6.07, 6.45) is 2.19. The zero-order valence-electron chi connectivity index (χ0n) is 11.8. The van der Waals surface area contributed by atoms with Crippen molar-refractivity contribution in [2.24, 2.45) is 5.41 Å². The van der Waals surface area contributed by atoms with E-state index >= 15 is 0 Å². The maximum absolute atomic E-state index is 12.4. The van der Waals surface area contributed by atoms with E-state index in [1.807, 2.05) is 43.3 Å². The van der Waals surface area contributed by atoms with Gasteiger partial charge in [-0.05, 0) is 38.3 Å². The van der Waals surface area contributed by atoms with E-state index in [1.165, 1.54) is 0 Å². The number of carbonyl (C=O) groups is 1. The molecule has 0 unspecified atom stereocenters. The topological polar surface area (TPSA) is 70.7 Å². The van der Waals surface area contributed by atoms with Crippen LogP contribution in [0.15, 0.2) is 36.4 Å². The summed E-state index contributed by atoms with van der Waals surface area (Å²) in [7, 11) is 0. The molecule has 5 heteroatoms.